The van der Waals surface area contributed by atoms with Crippen LogP contribution in [0.1, 0.15) is 28.3 Å². The van der Waals surface area contributed by atoms with Crippen LogP contribution in [0.25, 0.3) is 0 Å². The van der Waals surface area contributed by atoms with Crippen molar-refractivity contribution in [1.29, 1.82) is 0 Å². The summed E-state index contributed by atoms with van der Waals surface area (Å²) in [4.78, 5) is 0.938. The van der Waals surface area contributed by atoms with E-state index in [1.165, 1.54) is 6.07 Å². The first-order valence-corrected chi connectivity index (χ1v) is 6.48. The predicted molar refractivity (Wildman–Crippen MR) is 64.0 cm³/mol. The maximum Gasteiger partial charge on any atom is 0.200 e. The molecule has 0 aliphatic rings. The Balaban J connectivity index is 2.57. The lowest BCUT2D eigenvalue weighted by molar-refractivity contribution is 0.206. The first-order chi connectivity index (χ1) is 9.38. The van der Waals surface area contributed by atoms with E-state index < -0.39 is 40.8 Å². The molecule has 2 rings (SSSR count). The van der Waals surface area contributed by atoms with Crippen LogP contribution in [0.2, 0.25) is 0 Å². The molecule has 0 saturated carbocycles. The van der Waals surface area contributed by atoms with Crippen molar-refractivity contribution < 1.29 is 27.1 Å². The molecule has 1 heterocycles. The molecule has 20 heavy (non-hydrogen) atoms. The minimum Gasteiger partial charge on any atom is -0.383 e. The van der Waals surface area contributed by atoms with Gasteiger partial charge in [0.25, 0.3) is 0 Å². The van der Waals surface area contributed by atoms with Crippen molar-refractivity contribution >= 4 is 11.3 Å². The summed E-state index contributed by atoms with van der Waals surface area (Å²) in [5.41, 5.74) is -1.23. The highest BCUT2D eigenvalue weighted by atomic mass is 32.1. The van der Waals surface area contributed by atoms with Gasteiger partial charge in [-0.25, -0.2) is 22.0 Å². The molecule has 7 heteroatoms. The molecule has 0 fully saturated rings. The summed E-state index contributed by atoms with van der Waals surface area (Å²) in [6.07, 6.45) is -1.26. The molecule has 2 aromatic rings. The van der Waals surface area contributed by atoms with Gasteiger partial charge in [0.15, 0.2) is 23.3 Å². The van der Waals surface area contributed by atoms with Crippen molar-refractivity contribution in [2.75, 3.05) is 0 Å². The van der Waals surface area contributed by atoms with Crippen LogP contribution in [-0.4, -0.2) is 5.11 Å². The van der Waals surface area contributed by atoms with Gasteiger partial charge in [0.05, 0.1) is 5.56 Å². The molecular weight excluding hydrogens is 299 g/mol. The van der Waals surface area contributed by atoms with E-state index in [-0.39, 0.29) is 4.88 Å². The molecule has 108 valence electrons. The third kappa shape index (κ3) is 2.31. The van der Waals surface area contributed by atoms with Crippen molar-refractivity contribution in [3.8, 4) is 0 Å². The third-order valence-electron chi connectivity index (χ3n) is 2.82. The fourth-order valence-corrected chi connectivity index (χ4v) is 2.68. The molecule has 0 amide bonds. The summed E-state index contributed by atoms with van der Waals surface area (Å²) in [6, 6.07) is 3.02. The summed E-state index contributed by atoms with van der Waals surface area (Å²) >= 11 is 1.05. The van der Waals surface area contributed by atoms with E-state index in [1.807, 2.05) is 6.92 Å². The number of halogens is 5. The third-order valence-corrected chi connectivity index (χ3v) is 4.10. The molecule has 0 bridgehead atoms. The van der Waals surface area contributed by atoms with Gasteiger partial charge in [-0.3, -0.25) is 0 Å². The van der Waals surface area contributed by atoms with Gasteiger partial charge in [-0.15, -0.1) is 11.3 Å². The maximum absolute atomic E-state index is 13.6. The number of rotatable bonds is 3. The summed E-state index contributed by atoms with van der Waals surface area (Å²) in [5.74, 6) is -10.4. The normalized spacial score (nSPS) is 12.8. The van der Waals surface area contributed by atoms with Crippen LogP contribution in [-0.2, 0) is 6.42 Å². The molecule has 0 aliphatic carbocycles. The van der Waals surface area contributed by atoms with E-state index in [4.69, 9.17) is 0 Å². The SMILES string of the molecule is CCc1ccc(C(O)c2c(F)c(F)c(F)c(F)c2F)s1. The fraction of sp³-hybridized carbons (Fsp3) is 0.231. The van der Waals surface area contributed by atoms with E-state index >= 15 is 0 Å². The van der Waals surface area contributed by atoms with Crippen molar-refractivity contribution in [2.45, 2.75) is 19.4 Å². The van der Waals surface area contributed by atoms with Crippen molar-refractivity contribution in [1.82, 2.24) is 0 Å². The molecule has 1 aromatic carbocycles. The van der Waals surface area contributed by atoms with E-state index in [1.54, 1.807) is 6.07 Å². The minimum absolute atomic E-state index is 0.116. The molecule has 1 atom stereocenters. The first-order valence-electron chi connectivity index (χ1n) is 5.66. The summed E-state index contributed by atoms with van der Waals surface area (Å²) < 4.78 is 66.2. The van der Waals surface area contributed by atoms with Crippen LogP contribution < -0.4 is 0 Å². The molecule has 0 aliphatic heterocycles. The average Bonchev–Trinajstić information content (AvgIpc) is 2.92. The number of aryl methyl sites for hydroxylation is 1. The number of aliphatic hydroxyl groups is 1. The monoisotopic (exact) mass is 308 g/mol. The highest BCUT2D eigenvalue weighted by molar-refractivity contribution is 7.12. The zero-order valence-corrected chi connectivity index (χ0v) is 11.0. The Bertz CT molecular complexity index is 623. The number of aliphatic hydroxyl groups excluding tert-OH is 1. The number of hydrogen-bond acceptors (Lipinski definition) is 2. The molecule has 1 N–H and O–H groups in total. The van der Waals surface area contributed by atoms with Gasteiger partial charge in [0.2, 0.25) is 5.82 Å². The summed E-state index contributed by atoms with van der Waals surface area (Å²) in [7, 11) is 0. The highest BCUT2D eigenvalue weighted by Crippen LogP contribution is 2.34. The van der Waals surface area contributed by atoms with Gasteiger partial charge in [0.1, 0.15) is 6.10 Å². The lowest BCUT2D eigenvalue weighted by Gasteiger charge is -2.13. The second kappa shape index (κ2) is 5.49. The Morgan fingerprint density at radius 2 is 1.45 bits per heavy atom. The van der Waals surface area contributed by atoms with Gasteiger partial charge < -0.3 is 5.11 Å². The molecule has 1 aromatic heterocycles. The van der Waals surface area contributed by atoms with Gasteiger partial charge in [-0.2, -0.15) is 0 Å². The van der Waals surface area contributed by atoms with Crippen LogP contribution in [0.15, 0.2) is 12.1 Å². The fourth-order valence-electron chi connectivity index (χ4n) is 1.74. The zero-order chi connectivity index (χ0) is 15.0. The van der Waals surface area contributed by atoms with E-state index in [0.717, 1.165) is 16.2 Å². The van der Waals surface area contributed by atoms with E-state index in [0.29, 0.717) is 6.42 Å². The Labute approximate surface area is 115 Å². The van der Waals surface area contributed by atoms with Crippen LogP contribution in [0, 0.1) is 29.1 Å². The standard InChI is InChI=1S/C13H9F5OS/c1-2-5-3-4-6(20-5)13(19)7-8(14)10(16)12(18)11(17)9(7)15/h3-4,13,19H,2H2,1H3. The summed E-state index contributed by atoms with van der Waals surface area (Å²) in [6.45, 7) is 1.83. The van der Waals surface area contributed by atoms with E-state index in [2.05, 4.69) is 0 Å². The second-order valence-corrected chi connectivity index (χ2v) is 5.24. The number of hydrogen-bond donors (Lipinski definition) is 1. The van der Waals surface area contributed by atoms with Crippen molar-refractivity contribution in [3.05, 3.63) is 56.5 Å². The largest absolute Gasteiger partial charge is 0.383 e. The number of benzene rings is 1. The molecule has 1 nitrogen and oxygen atoms in total. The molecule has 0 saturated heterocycles. The van der Waals surface area contributed by atoms with E-state index in [9.17, 15) is 27.1 Å². The zero-order valence-electron chi connectivity index (χ0n) is 10.2. The van der Waals surface area contributed by atoms with Crippen LogP contribution in [0.4, 0.5) is 22.0 Å². The Morgan fingerprint density at radius 3 is 1.90 bits per heavy atom. The Morgan fingerprint density at radius 1 is 0.950 bits per heavy atom. The maximum atomic E-state index is 13.6. The molecular formula is C13H9F5OS. The second-order valence-electron chi connectivity index (χ2n) is 4.04. The Hall–Kier alpha value is -1.47. The smallest absolute Gasteiger partial charge is 0.200 e. The Kier molecular flexibility index (Phi) is 4.10. The average molecular weight is 308 g/mol. The summed E-state index contributed by atoms with van der Waals surface area (Å²) in [5, 5.41) is 9.88. The van der Waals surface area contributed by atoms with Crippen molar-refractivity contribution in [3.63, 3.8) is 0 Å². The van der Waals surface area contributed by atoms with Crippen molar-refractivity contribution in [2.24, 2.45) is 0 Å². The van der Waals surface area contributed by atoms with Gasteiger partial charge in [-0.1, -0.05) is 6.92 Å². The van der Waals surface area contributed by atoms with Crippen LogP contribution in [0.5, 0.6) is 0 Å². The van der Waals surface area contributed by atoms with Crippen LogP contribution >= 0.6 is 11.3 Å². The number of thiophene rings is 1. The van der Waals surface area contributed by atoms with Crippen LogP contribution in [0.3, 0.4) is 0 Å². The topological polar surface area (TPSA) is 20.2 Å². The first kappa shape index (κ1) is 14.9. The predicted octanol–water partition coefficient (Wildman–Crippen LogP) is 4.09. The highest BCUT2D eigenvalue weighted by Gasteiger charge is 2.30. The lowest BCUT2D eigenvalue weighted by atomic mass is 10.1. The molecule has 1 unspecified atom stereocenters. The molecule has 0 spiro atoms. The van der Waals surface area contributed by atoms with Gasteiger partial charge >= 0.3 is 0 Å². The minimum atomic E-state index is -2.24. The molecule has 0 radical (unpaired) electrons. The lowest BCUT2D eigenvalue weighted by Crippen LogP contribution is -2.11. The quantitative estimate of drug-likeness (QED) is 0.514. The van der Waals surface area contributed by atoms with Gasteiger partial charge in [0, 0.05) is 9.75 Å². The van der Waals surface area contributed by atoms with Gasteiger partial charge in [-0.05, 0) is 18.6 Å².